The largest absolute Gasteiger partial charge is 0.326 e. The molecule has 2 nitrogen and oxygen atoms in total. The Morgan fingerprint density at radius 2 is 1.79 bits per heavy atom. The quantitative estimate of drug-likeness (QED) is 0.882. The van der Waals surface area contributed by atoms with Gasteiger partial charge in [0.2, 0.25) is 0 Å². The van der Waals surface area contributed by atoms with Gasteiger partial charge in [0, 0.05) is 18.6 Å². The predicted octanol–water partition coefficient (Wildman–Crippen LogP) is 3.20. The van der Waals surface area contributed by atoms with Crippen molar-refractivity contribution in [1.29, 1.82) is 0 Å². The van der Waals surface area contributed by atoms with Crippen LogP contribution in [0.2, 0.25) is 0 Å². The van der Waals surface area contributed by atoms with Crippen LogP contribution in [-0.2, 0) is 6.54 Å². The Hall–Kier alpha value is -1.38. The van der Waals surface area contributed by atoms with Gasteiger partial charge in [0.25, 0.3) is 0 Å². The van der Waals surface area contributed by atoms with E-state index in [-0.39, 0.29) is 0 Å². The maximum atomic E-state index is 6.17. The van der Waals surface area contributed by atoms with Gasteiger partial charge in [-0.1, -0.05) is 49.2 Å². The molecule has 2 aromatic rings. The van der Waals surface area contributed by atoms with Crippen LogP contribution in [0.1, 0.15) is 31.2 Å². The zero-order valence-electron chi connectivity index (χ0n) is 11.3. The highest BCUT2D eigenvalue weighted by Crippen LogP contribution is 2.19. The molecule has 2 unspecified atom stereocenters. The second kappa shape index (κ2) is 5.72. The number of hydrogen-bond donors (Lipinski definition) is 2. The minimum absolute atomic E-state index is 0.328. The summed E-state index contributed by atoms with van der Waals surface area (Å²) < 4.78 is 0. The minimum atomic E-state index is 0.328. The zero-order valence-corrected chi connectivity index (χ0v) is 11.3. The first-order valence-corrected chi connectivity index (χ1v) is 7.29. The molecule has 0 aliphatic heterocycles. The summed E-state index contributed by atoms with van der Waals surface area (Å²) in [7, 11) is 0. The van der Waals surface area contributed by atoms with E-state index in [1.165, 1.54) is 35.6 Å². The van der Waals surface area contributed by atoms with Crippen molar-refractivity contribution in [3.8, 4) is 0 Å². The molecule has 0 aromatic heterocycles. The molecule has 2 atom stereocenters. The smallest absolute Gasteiger partial charge is 0.0222 e. The fourth-order valence-electron chi connectivity index (χ4n) is 3.01. The van der Waals surface area contributed by atoms with E-state index >= 15 is 0 Å². The third-order valence-corrected chi connectivity index (χ3v) is 4.20. The van der Waals surface area contributed by atoms with Gasteiger partial charge in [0.1, 0.15) is 0 Å². The Morgan fingerprint density at radius 1 is 1.00 bits per heavy atom. The first kappa shape index (κ1) is 12.6. The van der Waals surface area contributed by atoms with E-state index in [4.69, 9.17) is 5.73 Å². The van der Waals surface area contributed by atoms with Gasteiger partial charge in [0.05, 0.1) is 0 Å². The van der Waals surface area contributed by atoms with Gasteiger partial charge in [-0.25, -0.2) is 0 Å². The lowest BCUT2D eigenvalue weighted by molar-refractivity contribution is 0.326. The van der Waals surface area contributed by atoms with Crippen molar-refractivity contribution in [2.75, 3.05) is 0 Å². The molecule has 2 heteroatoms. The molecule has 19 heavy (non-hydrogen) atoms. The van der Waals surface area contributed by atoms with Gasteiger partial charge in [-0.05, 0) is 35.2 Å². The topological polar surface area (TPSA) is 38.0 Å². The van der Waals surface area contributed by atoms with Crippen molar-refractivity contribution in [3.63, 3.8) is 0 Å². The molecule has 1 fully saturated rings. The maximum absolute atomic E-state index is 6.17. The minimum Gasteiger partial charge on any atom is -0.326 e. The summed E-state index contributed by atoms with van der Waals surface area (Å²) in [6, 6.07) is 16.0. The first-order chi connectivity index (χ1) is 9.33. The molecule has 100 valence electrons. The Morgan fingerprint density at radius 3 is 2.63 bits per heavy atom. The average molecular weight is 254 g/mol. The summed E-state index contributed by atoms with van der Waals surface area (Å²) in [6.45, 7) is 0.920. The van der Waals surface area contributed by atoms with Gasteiger partial charge < -0.3 is 11.1 Å². The summed E-state index contributed by atoms with van der Waals surface area (Å²) in [4.78, 5) is 0. The number of rotatable bonds is 3. The van der Waals surface area contributed by atoms with Gasteiger partial charge in [-0.15, -0.1) is 0 Å². The molecule has 0 saturated heterocycles. The third kappa shape index (κ3) is 2.96. The molecular weight excluding hydrogens is 232 g/mol. The molecule has 3 N–H and O–H groups in total. The fourth-order valence-corrected chi connectivity index (χ4v) is 3.01. The monoisotopic (exact) mass is 254 g/mol. The van der Waals surface area contributed by atoms with E-state index in [0.29, 0.717) is 12.1 Å². The van der Waals surface area contributed by atoms with E-state index in [9.17, 15) is 0 Å². The summed E-state index contributed by atoms with van der Waals surface area (Å²) in [5.74, 6) is 0. The van der Waals surface area contributed by atoms with Crippen molar-refractivity contribution in [3.05, 3.63) is 48.0 Å². The van der Waals surface area contributed by atoms with E-state index in [0.717, 1.165) is 13.0 Å². The first-order valence-electron chi connectivity index (χ1n) is 7.29. The van der Waals surface area contributed by atoms with Crippen LogP contribution in [0.4, 0.5) is 0 Å². The number of benzene rings is 2. The fraction of sp³-hybridized carbons (Fsp3) is 0.412. The van der Waals surface area contributed by atoms with Crippen LogP contribution in [0.3, 0.4) is 0 Å². The number of hydrogen-bond acceptors (Lipinski definition) is 2. The van der Waals surface area contributed by atoms with Crippen molar-refractivity contribution in [2.24, 2.45) is 5.73 Å². The van der Waals surface area contributed by atoms with Crippen LogP contribution < -0.4 is 11.1 Å². The SMILES string of the molecule is NC1CCCCC1NCc1ccc2ccccc2c1. The highest BCUT2D eigenvalue weighted by molar-refractivity contribution is 5.82. The van der Waals surface area contributed by atoms with E-state index in [1.54, 1.807) is 0 Å². The normalized spacial score (nSPS) is 23.6. The van der Waals surface area contributed by atoms with Gasteiger partial charge in [-0.2, -0.15) is 0 Å². The maximum Gasteiger partial charge on any atom is 0.0222 e. The highest BCUT2D eigenvalue weighted by atomic mass is 15.0. The highest BCUT2D eigenvalue weighted by Gasteiger charge is 2.20. The van der Waals surface area contributed by atoms with Crippen LogP contribution in [0, 0.1) is 0 Å². The Labute approximate surface area is 115 Å². The molecule has 0 heterocycles. The van der Waals surface area contributed by atoms with Crippen LogP contribution in [0.15, 0.2) is 42.5 Å². The van der Waals surface area contributed by atoms with Crippen LogP contribution in [0.25, 0.3) is 10.8 Å². The van der Waals surface area contributed by atoms with Crippen molar-refractivity contribution in [2.45, 2.75) is 44.3 Å². The molecular formula is C17H22N2. The number of nitrogens with two attached hydrogens (primary N) is 1. The van der Waals surface area contributed by atoms with Crippen LogP contribution >= 0.6 is 0 Å². The molecule has 2 aromatic carbocycles. The number of fused-ring (bicyclic) bond motifs is 1. The Kier molecular flexibility index (Phi) is 3.81. The van der Waals surface area contributed by atoms with Crippen molar-refractivity contribution in [1.82, 2.24) is 5.32 Å². The van der Waals surface area contributed by atoms with Gasteiger partial charge in [-0.3, -0.25) is 0 Å². The molecule has 0 bridgehead atoms. The van der Waals surface area contributed by atoms with Crippen LogP contribution in [-0.4, -0.2) is 12.1 Å². The summed E-state index contributed by atoms with van der Waals surface area (Å²) >= 11 is 0. The molecule has 0 amide bonds. The predicted molar refractivity (Wildman–Crippen MR) is 81.0 cm³/mol. The average Bonchev–Trinajstić information content (AvgIpc) is 2.46. The lowest BCUT2D eigenvalue weighted by Crippen LogP contribution is -2.46. The molecule has 1 aliphatic carbocycles. The molecule has 0 spiro atoms. The number of nitrogens with one attached hydrogen (secondary N) is 1. The van der Waals surface area contributed by atoms with Crippen molar-refractivity contribution < 1.29 is 0 Å². The second-order valence-corrected chi connectivity index (χ2v) is 5.62. The standard InChI is InChI=1S/C17H22N2/c18-16-7-3-4-8-17(16)19-12-13-9-10-14-5-1-2-6-15(14)11-13/h1-2,5-6,9-11,16-17,19H,3-4,7-8,12,18H2. The molecule has 1 aliphatic rings. The lowest BCUT2D eigenvalue weighted by Gasteiger charge is -2.29. The molecule has 3 rings (SSSR count). The lowest BCUT2D eigenvalue weighted by atomic mass is 9.91. The van der Waals surface area contributed by atoms with Gasteiger partial charge in [0.15, 0.2) is 0 Å². The Balaban J connectivity index is 1.67. The molecule has 1 saturated carbocycles. The van der Waals surface area contributed by atoms with E-state index < -0.39 is 0 Å². The Bertz CT molecular complexity index is 550. The van der Waals surface area contributed by atoms with Crippen LogP contribution in [0.5, 0.6) is 0 Å². The third-order valence-electron chi connectivity index (χ3n) is 4.20. The zero-order chi connectivity index (χ0) is 13.1. The summed E-state index contributed by atoms with van der Waals surface area (Å²) in [5.41, 5.74) is 7.52. The summed E-state index contributed by atoms with van der Waals surface area (Å²) in [5, 5.41) is 6.25. The van der Waals surface area contributed by atoms with E-state index in [2.05, 4.69) is 47.8 Å². The van der Waals surface area contributed by atoms with Gasteiger partial charge >= 0.3 is 0 Å². The second-order valence-electron chi connectivity index (χ2n) is 5.62. The van der Waals surface area contributed by atoms with E-state index in [1.807, 2.05) is 0 Å². The summed E-state index contributed by atoms with van der Waals surface area (Å²) in [6.07, 6.45) is 4.97. The van der Waals surface area contributed by atoms with Crippen molar-refractivity contribution >= 4 is 10.8 Å². The molecule has 0 radical (unpaired) electrons.